The number of anilines is 1. The van der Waals surface area contributed by atoms with Crippen LogP contribution in [0, 0.1) is 6.92 Å². The maximum atomic E-state index is 12.4. The Balaban J connectivity index is 0.000000847. The normalized spacial score (nSPS) is 21.7. The molecular formula is C19H30N2O. The third-order valence-electron chi connectivity index (χ3n) is 4.88. The van der Waals surface area contributed by atoms with Crippen LogP contribution in [0.25, 0.3) is 0 Å². The monoisotopic (exact) mass is 302 g/mol. The van der Waals surface area contributed by atoms with Crippen LogP contribution in [0.15, 0.2) is 18.2 Å². The van der Waals surface area contributed by atoms with Crippen molar-refractivity contribution in [3.63, 3.8) is 0 Å². The summed E-state index contributed by atoms with van der Waals surface area (Å²) >= 11 is 0. The molecule has 2 aliphatic rings. The van der Waals surface area contributed by atoms with Gasteiger partial charge >= 0.3 is 0 Å². The molecule has 3 nitrogen and oxygen atoms in total. The topological polar surface area (TPSA) is 32.3 Å². The van der Waals surface area contributed by atoms with Crippen LogP contribution in [-0.4, -0.2) is 29.9 Å². The lowest BCUT2D eigenvalue weighted by Gasteiger charge is -2.38. The van der Waals surface area contributed by atoms with Gasteiger partial charge < -0.3 is 5.32 Å². The minimum Gasteiger partial charge on any atom is -0.324 e. The number of likely N-dealkylation sites (N-methyl/N-ethyl adjacent to an activating group) is 1. The molecule has 1 aromatic carbocycles. The Morgan fingerprint density at radius 1 is 1.14 bits per heavy atom. The fraction of sp³-hybridized carbons (Fsp3) is 0.632. The van der Waals surface area contributed by atoms with E-state index in [0.29, 0.717) is 6.04 Å². The first-order valence-electron chi connectivity index (χ1n) is 8.77. The van der Waals surface area contributed by atoms with Crippen molar-refractivity contribution in [3.05, 3.63) is 29.3 Å². The number of nitrogens with one attached hydrogen (secondary N) is 1. The molecule has 1 unspecified atom stereocenters. The summed E-state index contributed by atoms with van der Waals surface area (Å²) in [6, 6.07) is 6.93. The maximum Gasteiger partial charge on any atom is 0.242 e. The second-order valence-electron chi connectivity index (χ2n) is 6.33. The van der Waals surface area contributed by atoms with E-state index in [9.17, 15) is 4.79 Å². The molecule has 1 aromatic rings. The van der Waals surface area contributed by atoms with Gasteiger partial charge in [0, 0.05) is 11.7 Å². The van der Waals surface area contributed by atoms with Gasteiger partial charge in [0.25, 0.3) is 0 Å². The average Bonchev–Trinajstić information content (AvgIpc) is 2.56. The van der Waals surface area contributed by atoms with Crippen LogP contribution in [0.5, 0.6) is 0 Å². The van der Waals surface area contributed by atoms with E-state index in [2.05, 4.69) is 42.4 Å². The van der Waals surface area contributed by atoms with E-state index in [0.717, 1.165) is 12.1 Å². The Morgan fingerprint density at radius 2 is 1.82 bits per heavy atom. The number of benzene rings is 1. The van der Waals surface area contributed by atoms with E-state index in [1.807, 2.05) is 13.8 Å². The minimum atomic E-state index is -0.00620. The van der Waals surface area contributed by atoms with Gasteiger partial charge in [-0.15, -0.1) is 0 Å². The third kappa shape index (κ3) is 3.70. The van der Waals surface area contributed by atoms with Crippen LogP contribution < -0.4 is 5.32 Å². The van der Waals surface area contributed by atoms with Crippen LogP contribution in [0.1, 0.15) is 57.1 Å². The summed E-state index contributed by atoms with van der Waals surface area (Å²) in [4.78, 5) is 14.7. The molecule has 0 aromatic heterocycles. The van der Waals surface area contributed by atoms with E-state index in [1.54, 1.807) is 0 Å². The highest BCUT2D eigenvalue weighted by Crippen LogP contribution is 2.29. The Hall–Kier alpha value is -1.35. The average molecular weight is 302 g/mol. The van der Waals surface area contributed by atoms with Crippen molar-refractivity contribution in [1.82, 2.24) is 4.90 Å². The molecule has 22 heavy (non-hydrogen) atoms. The summed E-state index contributed by atoms with van der Waals surface area (Å²) in [5.41, 5.74) is 3.47. The molecule has 3 heteroatoms. The molecule has 1 N–H and O–H groups in total. The van der Waals surface area contributed by atoms with Gasteiger partial charge in [-0.25, -0.2) is 0 Å². The summed E-state index contributed by atoms with van der Waals surface area (Å²) in [5.74, 6) is 0.163. The van der Waals surface area contributed by atoms with Crippen molar-refractivity contribution in [1.29, 1.82) is 0 Å². The zero-order valence-electron chi connectivity index (χ0n) is 14.5. The number of aryl methyl sites for hydroxylation is 1. The zero-order valence-corrected chi connectivity index (χ0v) is 14.5. The van der Waals surface area contributed by atoms with Crippen molar-refractivity contribution in [2.45, 2.75) is 71.4 Å². The fourth-order valence-corrected chi connectivity index (χ4v) is 3.57. The van der Waals surface area contributed by atoms with E-state index in [-0.39, 0.29) is 11.9 Å². The Morgan fingerprint density at radius 3 is 2.50 bits per heavy atom. The molecular weight excluding hydrogens is 272 g/mol. The van der Waals surface area contributed by atoms with Gasteiger partial charge in [-0.05, 0) is 50.4 Å². The molecule has 0 saturated heterocycles. The minimum absolute atomic E-state index is 0.00620. The molecule has 1 aliphatic carbocycles. The first-order chi connectivity index (χ1) is 10.6. The van der Waals surface area contributed by atoms with Crippen molar-refractivity contribution in [2.75, 3.05) is 12.4 Å². The second-order valence-corrected chi connectivity index (χ2v) is 6.33. The Kier molecular flexibility index (Phi) is 6.01. The lowest BCUT2D eigenvalue weighted by atomic mass is 9.91. The lowest BCUT2D eigenvalue weighted by molar-refractivity contribution is -0.122. The van der Waals surface area contributed by atoms with Crippen LogP contribution >= 0.6 is 0 Å². The molecule has 0 radical (unpaired) electrons. The van der Waals surface area contributed by atoms with Gasteiger partial charge in [-0.3, -0.25) is 9.69 Å². The quantitative estimate of drug-likeness (QED) is 0.890. The highest BCUT2D eigenvalue weighted by atomic mass is 16.2. The van der Waals surface area contributed by atoms with Crippen molar-refractivity contribution < 1.29 is 4.79 Å². The number of nitrogens with zero attached hydrogens (tertiary/aromatic N) is 1. The summed E-state index contributed by atoms with van der Waals surface area (Å²) < 4.78 is 0. The van der Waals surface area contributed by atoms with Gasteiger partial charge in [-0.2, -0.15) is 0 Å². The molecule has 3 rings (SSSR count). The van der Waals surface area contributed by atoms with E-state index >= 15 is 0 Å². The number of carbonyl (C=O) groups is 1. The highest BCUT2D eigenvalue weighted by Gasteiger charge is 2.33. The van der Waals surface area contributed by atoms with E-state index in [4.69, 9.17) is 0 Å². The molecule has 1 fully saturated rings. The Labute approximate surface area is 135 Å². The number of carbonyl (C=O) groups excluding carboxylic acids is 1. The number of hydrogen-bond donors (Lipinski definition) is 1. The smallest absolute Gasteiger partial charge is 0.242 e. The number of amides is 1. The molecule has 1 heterocycles. The highest BCUT2D eigenvalue weighted by molar-refractivity contribution is 5.98. The number of hydrogen-bond acceptors (Lipinski definition) is 2. The van der Waals surface area contributed by atoms with Gasteiger partial charge in [0.15, 0.2) is 0 Å². The van der Waals surface area contributed by atoms with Gasteiger partial charge in [0.05, 0.1) is 6.04 Å². The standard InChI is InChI=1S/C17H24N2O.C2H6/c1-12-8-9-13-11-16(17(20)18-15(13)10-12)19(2)14-6-4-3-5-7-14;1-2/h8-10,14,16H,3-7,11H2,1-2H3,(H,18,20);1-2H3. The predicted molar refractivity (Wildman–Crippen MR) is 93.3 cm³/mol. The molecule has 1 aliphatic heterocycles. The summed E-state index contributed by atoms with van der Waals surface area (Å²) in [5, 5.41) is 3.09. The van der Waals surface area contributed by atoms with Crippen LogP contribution in [0.3, 0.4) is 0 Å². The summed E-state index contributed by atoms with van der Waals surface area (Å²) in [6.45, 7) is 6.06. The van der Waals surface area contributed by atoms with Gasteiger partial charge in [-0.1, -0.05) is 45.2 Å². The van der Waals surface area contributed by atoms with Crippen LogP contribution in [-0.2, 0) is 11.2 Å². The van der Waals surface area contributed by atoms with Crippen LogP contribution in [0.2, 0.25) is 0 Å². The largest absolute Gasteiger partial charge is 0.324 e. The third-order valence-corrected chi connectivity index (χ3v) is 4.88. The number of fused-ring (bicyclic) bond motifs is 1. The molecule has 0 bridgehead atoms. The van der Waals surface area contributed by atoms with E-state index < -0.39 is 0 Å². The number of rotatable bonds is 2. The lowest BCUT2D eigenvalue weighted by Crippen LogP contribution is -2.50. The molecule has 122 valence electrons. The van der Waals surface area contributed by atoms with Crippen molar-refractivity contribution >= 4 is 11.6 Å². The molecule has 0 spiro atoms. The fourth-order valence-electron chi connectivity index (χ4n) is 3.57. The van der Waals surface area contributed by atoms with Gasteiger partial charge in [0.2, 0.25) is 5.91 Å². The van der Waals surface area contributed by atoms with Crippen molar-refractivity contribution in [2.24, 2.45) is 0 Å². The predicted octanol–water partition coefficient (Wildman–Crippen LogP) is 4.15. The SMILES string of the molecule is CC.Cc1ccc2c(c1)NC(=O)C(N(C)C1CCCCC1)C2. The van der Waals surface area contributed by atoms with Crippen molar-refractivity contribution in [3.8, 4) is 0 Å². The summed E-state index contributed by atoms with van der Waals surface area (Å²) in [7, 11) is 2.12. The van der Waals surface area contributed by atoms with E-state index in [1.165, 1.54) is 43.2 Å². The Bertz CT molecular complexity index is 506. The second kappa shape index (κ2) is 7.77. The molecule has 1 amide bonds. The zero-order chi connectivity index (χ0) is 16.1. The summed E-state index contributed by atoms with van der Waals surface area (Å²) in [6.07, 6.45) is 7.28. The first kappa shape index (κ1) is 17.0. The first-order valence-corrected chi connectivity index (χ1v) is 8.77. The van der Waals surface area contributed by atoms with Gasteiger partial charge in [0.1, 0.15) is 0 Å². The molecule has 1 atom stereocenters. The van der Waals surface area contributed by atoms with Crippen LogP contribution in [0.4, 0.5) is 5.69 Å². The molecule has 1 saturated carbocycles. The maximum absolute atomic E-state index is 12.4.